The largest absolute Gasteiger partial charge is 0.544 e. The van der Waals surface area contributed by atoms with Gasteiger partial charge in [-0.25, -0.2) is 4.79 Å². The summed E-state index contributed by atoms with van der Waals surface area (Å²) in [5, 5.41) is 0. The topological polar surface area (TPSA) is 35.5 Å². The van der Waals surface area contributed by atoms with Crippen LogP contribution in [-0.2, 0) is 10.2 Å². The van der Waals surface area contributed by atoms with Crippen LogP contribution in [0.15, 0.2) is 72.8 Å². The number of allylic oxidation sites excluding steroid dienone is 1. The van der Waals surface area contributed by atoms with E-state index in [1.54, 1.807) is 19.1 Å². The highest BCUT2D eigenvalue weighted by Gasteiger charge is 2.30. The highest BCUT2D eigenvalue weighted by Crippen LogP contribution is 2.42. The van der Waals surface area contributed by atoms with Gasteiger partial charge in [0, 0.05) is 11.1 Å². The van der Waals surface area contributed by atoms with Gasteiger partial charge in [0.05, 0.1) is 12.2 Å². The van der Waals surface area contributed by atoms with Crippen molar-refractivity contribution in [3.63, 3.8) is 0 Å². The number of rotatable bonds is 9. The Balaban J connectivity index is 1.62. The number of esters is 1. The van der Waals surface area contributed by atoms with Crippen molar-refractivity contribution in [2.24, 2.45) is 5.92 Å². The minimum absolute atomic E-state index is 0.0477. The number of ether oxygens (including phenoxy) is 1. The second-order valence-corrected chi connectivity index (χ2v) is 16.4. The molecule has 0 aromatic heterocycles. The third-order valence-electron chi connectivity index (χ3n) is 8.08. The monoisotopic (exact) mass is 564 g/mol. The summed E-state index contributed by atoms with van der Waals surface area (Å²) in [6.07, 6.45) is 5.77. The van der Waals surface area contributed by atoms with E-state index in [-0.39, 0.29) is 11.4 Å². The SMILES string of the molecule is CCOC(=O)c1ccc(C#Cc2ccc3c(c2)C(c2cccc(O[Si](C)(C)CC(CC)CC)c2)=CCC3(C)C)cc1. The molecule has 0 N–H and O–H groups in total. The molecular weight excluding hydrogens is 520 g/mol. The van der Waals surface area contributed by atoms with E-state index >= 15 is 0 Å². The predicted octanol–water partition coefficient (Wildman–Crippen LogP) is 9.40. The van der Waals surface area contributed by atoms with Crippen LogP contribution in [-0.4, -0.2) is 20.9 Å². The van der Waals surface area contributed by atoms with Gasteiger partial charge in [-0.3, -0.25) is 0 Å². The molecule has 0 saturated heterocycles. The molecule has 0 bridgehead atoms. The van der Waals surface area contributed by atoms with Gasteiger partial charge < -0.3 is 9.16 Å². The van der Waals surface area contributed by atoms with Crippen molar-refractivity contribution < 1.29 is 14.0 Å². The summed E-state index contributed by atoms with van der Waals surface area (Å²) >= 11 is 0. The highest BCUT2D eigenvalue weighted by molar-refractivity contribution is 6.71. The second kappa shape index (κ2) is 13.0. The zero-order valence-electron chi connectivity index (χ0n) is 25.8. The van der Waals surface area contributed by atoms with Crippen LogP contribution in [0.3, 0.4) is 0 Å². The van der Waals surface area contributed by atoms with Crippen molar-refractivity contribution in [1.29, 1.82) is 0 Å². The normalized spacial score (nSPS) is 14.0. The first-order chi connectivity index (χ1) is 19.5. The molecular formula is C37H44O3Si. The summed E-state index contributed by atoms with van der Waals surface area (Å²) in [4.78, 5) is 12.0. The predicted molar refractivity (Wildman–Crippen MR) is 173 cm³/mol. The lowest BCUT2D eigenvalue weighted by molar-refractivity contribution is 0.0526. The van der Waals surface area contributed by atoms with E-state index in [0.29, 0.717) is 12.2 Å². The van der Waals surface area contributed by atoms with Gasteiger partial charge >= 0.3 is 5.97 Å². The molecule has 0 fully saturated rings. The Kier molecular flexibility index (Phi) is 9.61. The van der Waals surface area contributed by atoms with E-state index < -0.39 is 8.32 Å². The fourth-order valence-corrected chi connectivity index (χ4v) is 8.51. The first-order valence-electron chi connectivity index (χ1n) is 15.0. The first-order valence-corrected chi connectivity index (χ1v) is 18.1. The quantitative estimate of drug-likeness (QED) is 0.148. The molecule has 0 amide bonds. The maximum absolute atomic E-state index is 12.0. The Morgan fingerprint density at radius 2 is 1.61 bits per heavy atom. The van der Waals surface area contributed by atoms with E-state index in [1.165, 1.54) is 41.1 Å². The van der Waals surface area contributed by atoms with E-state index in [1.807, 2.05) is 12.1 Å². The molecule has 0 spiro atoms. The highest BCUT2D eigenvalue weighted by atomic mass is 28.4. The molecule has 4 heteroatoms. The van der Waals surface area contributed by atoms with Crippen molar-refractivity contribution in [3.05, 3.63) is 106 Å². The van der Waals surface area contributed by atoms with Gasteiger partial charge in [0.25, 0.3) is 0 Å². The molecule has 0 aliphatic heterocycles. The number of carbonyl (C=O) groups is 1. The molecule has 0 saturated carbocycles. The fraction of sp³-hybridized carbons (Fsp3) is 0.378. The van der Waals surface area contributed by atoms with Gasteiger partial charge in [-0.15, -0.1) is 0 Å². The average molecular weight is 565 g/mol. The summed E-state index contributed by atoms with van der Waals surface area (Å²) in [5.41, 5.74) is 7.41. The zero-order valence-corrected chi connectivity index (χ0v) is 26.8. The Morgan fingerprint density at radius 1 is 0.927 bits per heavy atom. The molecule has 41 heavy (non-hydrogen) atoms. The smallest absolute Gasteiger partial charge is 0.338 e. The molecule has 1 aliphatic rings. The maximum atomic E-state index is 12.0. The minimum atomic E-state index is -1.85. The summed E-state index contributed by atoms with van der Waals surface area (Å²) in [7, 11) is -1.85. The van der Waals surface area contributed by atoms with E-state index in [9.17, 15) is 4.79 Å². The molecule has 3 nitrogen and oxygen atoms in total. The van der Waals surface area contributed by atoms with Crippen LogP contribution in [0.4, 0.5) is 0 Å². The first kappa shape index (κ1) is 30.4. The Hall–Kier alpha value is -3.55. The van der Waals surface area contributed by atoms with Gasteiger partial charge in [-0.2, -0.15) is 0 Å². The molecule has 0 atom stereocenters. The second-order valence-electron chi connectivity index (χ2n) is 12.3. The number of carbonyl (C=O) groups excluding carboxylic acids is 1. The summed E-state index contributed by atoms with van der Waals surface area (Å²) in [6.45, 7) is 16.0. The van der Waals surface area contributed by atoms with Crippen molar-refractivity contribution >= 4 is 19.9 Å². The number of hydrogen-bond acceptors (Lipinski definition) is 3. The summed E-state index contributed by atoms with van der Waals surface area (Å²) in [6, 6.07) is 23.7. The number of benzene rings is 3. The minimum Gasteiger partial charge on any atom is -0.544 e. The summed E-state index contributed by atoms with van der Waals surface area (Å²) < 4.78 is 11.8. The van der Waals surface area contributed by atoms with E-state index in [2.05, 4.69) is 101 Å². The molecule has 0 unspecified atom stereocenters. The Morgan fingerprint density at radius 3 is 2.29 bits per heavy atom. The summed E-state index contributed by atoms with van der Waals surface area (Å²) in [5.74, 6) is 8.00. The van der Waals surface area contributed by atoms with Gasteiger partial charge in [-0.1, -0.05) is 76.7 Å². The van der Waals surface area contributed by atoms with Crippen molar-refractivity contribution in [1.82, 2.24) is 0 Å². The molecule has 1 aliphatic carbocycles. The van der Waals surface area contributed by atoms with Crippen LogP contribution in [0.2, 0.25) is 19.1 Å². The molecule has 3 aromatic rings. The van der Waals surface area contributed by atoms with Crippen molar-refractivity contribution in [2.45, 2.75) is 78.4 Å². The van der Waals surface area contributed by atoms with Crippen molar-refractivity contribution in [2.75, 3.05) is 6.61 Å². The van der Waals surface area contributed by atoms with E-state index in [0.717, 1.165) is 29.2 Å². The van der Waals surface area contributed by atoms with Crippen molar-refractivity contribution in [3.8, 4) is 17.6 Å². The molecule has 0 radical (unpaired) electrons. The van der Waals surface area contributed by atoms with Gasteiger partial charge in [0.1, 0.15) is 5.75 Å². The van der Waals surface area contributed by atoms with Crippen LogP contribution < -0.4 is 4.43 Å². The van der Waals surface area contributed by atoms with Crippen LogP contribution >= 0.6 is 0 Å². The lowest BCUT2D eigenvalue weighted by Gasteiger charge is -2.33. The maximum Gasteiger partial charge on any atom is 0.338 e. The van der Waals surface area contributed by atoms with E-state index in [4.69, 9.17) is 9.16 Å². The van der Waals surface area contributed by atoms with Crippen LogP contribution in [0.5, 0.6) is 5.75 Å². The van der Waals surface area contributed by atoms with Crippen LogP contribution in [0, 0.1) is 17.8 Å². The molecule has 0 heterocycles. The molecule has 4 rings (SSSR count). The molecule has 214 valence electrons. The number of fused-ring (bicyclic) bond motifs is 1. The van der Waals surface area contributed by atoms with Crippen LogP contribution in [0.25, 0.3) is 5.57 Å². The third kappa shape index (κ3) is 7.60. The number of hydrogen-bond donors (Lipinski definition) is 0. The lowest BCUT2D eigenvalue weighted by Crippen LogP contribution is -2.36. The third-order valence-corrected chi connectivity index (χ3v) is 10.4. The average Bonchev–Trinajstić information content (AvgIpc) is 2.95. The van der Waals surface area contributed by atoms with Gasteiger partial charge in [0.2, 0.25) is 8.32 Å². The Labute approximate surface area is 248 Å². The van der Waals surface area contributed by atoms with Crippen LogP contribution in [0.1, 0.15) is 92.1 Å². The standard InChI is InChI=1S/C37H44O3Si/c1-8-27(9-2)26-41(6,7)40-32-13-11-12-31(25-32)33-22-23-37(4,5)35-21-18-29(24-34(33)35)15-14-28-16-19-30(20-17-28)36(38)39-10-3/h11-13,16-22,24-25,27H,8-10,23,26H2,1-7H3. The molecule has 3 aromatic carbocycles. The van der Waals surface area contributed by atoms with Gasteiger partial charge in [-0.05, 0) is 115 Å². The zero-order chi connectivity index (χ0) is 29.6. The lowest BCUT2D eigenvalue weighted by atomic mass is 9.72. The fourth-order valence-electron chi connectivity index (χ4n) is 5.69. The van der Waals surface area contributed by atoms with Gasteiger partial charge in [0.15, 0.2) is 0 Å². The Bertz CT molecular complexity index is 1460.